The molecule has 0 aliphatic rings. The summed E-state index contributed by atoms with van der Waals surface area (Å²) in [6, 6.07) is 11.5. The number of thiophene rings is 1. The van der Waals surface area contributed by atoms with Crippen LogP contribution in [-0.2, 0) is 11.2 Å². The van der Waals surface area contributed by atoms with Crippen LogP contribution in [0.2, 0.25) is 0 Å². The second kappa shape index (κ2) is 7.24. The van der Waals surface area contributed by atoms with Crippen LogP contribution in [0.25, 0.3) is 0 Å². The number of carbonyl (C=O) groups excluding carboxylic acids is 1. The smallest absolute Gasteiger partial charge is 0.225 e. The van der Waals surface area contributed by atoms with Crippen molar-refractivity contribution in [3.05, 3.63) is 52.2 Å². The van der Waals surface area contributed by atoms with Crippen LogP contribution in [0.5, 0.6) is 0 Å². The van der Waals surface area contributed by atoms with Crippen LogP contribution < -0.4 is 10.2 Å². The summed E-state index contributed by atoms with van der Waals surface area (Å²) >= 11 is 1.56. The van der Waals surface area contributed by atoms with E-state index >= 15 is 0 Å². The molecule has 1 atom stereocenters. The number of carbonyl (C=O) groups is 1. The molecule has 0 radical (unpaired) electrons. The lowest BCUT2D eigenvalue weighted by molar-refractivity contribution is -0.120. The van der Waals surface area contributed by atoms with Gasteiger partial charge in [-0.15, -0.1) is 11.3 Å². The summed E-state index contributed by atoms with van der Waals surface area (Å²) in [5.41, 5.74) is 1.88. The van der Waals surface area contributed by atoms with E-state index in [9.17, 15) is 9.90 Å². The molecular formula is C16H20N2O2S. The molecule has 1 heterocycles. The van der Waals surface area contributed by atoms with E-state index in [-0.39, 0.29) is 12.5 Å². The Hall–Kier alpha value is -1.85. The predicted molar refractivity (Wildman–Crippen MR) is 86.8 cm³/mol. The Morgan fingerprint density at radius 1 is 1.29 bits per heavy atom. The fraction of sp³-hybridized carbons (Fsp3) is 0.312. The van der Waals surface area contributed by atoms with Crippen molar-refractivity contribution in [3.8, 4) is 0 Å². The lowest BCUT2D eigenvalue weighted by Crippen LogP contribution is -2.29. The van der Waals surface area contributed by atoms with Gasteiger partial charge in [-0.3, -0.25) is 4.79 Å². The molecule has 0 saturated carbocycles. The number of amides is 1. The highest BCUT2D eigenvalue weighted by atomic mass is 32.1. The van der Waals surface area contributed by atoms with Crippen LogP contribution in [0.4, 0.5) is 5.69 Å². The molecular weight excluding hydrogens is 284 g/mol. The van der Waals surface area contributed by atoms with E-state index in [2.05, 4.69) is 5.32 Å². The van der Waals surface area contributed by atoms with Crippen molar-refractivity contribution in [1.29, 1.82) is 0 Å². The highest BCUT2D eigenvalue weighted by Gasteiger charge is 2.10. The first kappa shape index (κ1) is 15.5. The number of nitrogens with zero attached hydrogens (tertiary/aromatic N) is 1. The third-order valence-electron chi connectivity index (χ3n) is 3.20. The Morgan fingerprint density at radius 2 is 2.00 bits per heavy atom. The molecule has 0 bridgehead atoms. The van der Waals surface area contributed by atoms with Crippen LogP contribution >= 0.6 is 11.3 Å². The summed E-state index contributed by atoms with van der Waals surface area (Å²) in [4.78, 5) is 14.8. The second-order valence-corrected chi connectivity index (χ2v) is 6.09. The van der Waals surface area contributed by atoms with Gasteiger partial charge < -0.3 is 15.3 Å². The van der Waals surface area contributed by atoms with Gasteiger partial charge in [-0.2, -0.15) is 0 Å². The number of rotatable bonds is 6. The monoisotopic (exact) mass is 304 g/mol. The first-order valence-corrected chi connectivity index (χ1v) is 7.68. The maximum absolute atomic E-state index is 11.8. The summed E-state index contributed by atoms with van der Waals surface area (Å²) in [6.45, 7) is 0.228. The standard InChI is InChI=1S/C16H20N2O2S/c1-18(2)13-7-5-12(6-8-13)15(19)11-17-16(20)10-14-4-3-9-21-14/h3-9,15,19H,10-11H2,1-2H3,(H,17,20)/t15-/m0/s1. The van der Waals surface area contributed by atoms with Crippen molar-refractivity contribution in [2.24, 2.45) is 0 Å². The summed E-state index contributed by atoms with van der Waals surface area (Å²) in [7, 11) is 3.94. The lowest BCUT2D eigenvalue weighted by Gasteiger charge is -2.15. The zero-order chi connectivity index (χ0) is 15.2. The zero-order valence-corrected chi connectivity index (χ0v) is 13.1. The molecule has 1 aromatic heterocycles. The third kappa shape index (κ3) is 4.58. The van der Waals surface area contributed by atoms with Gasteiger partial charge in [0, 0.05) is 31.2 Å². The van der Waals surface area contributed by atoms with Crippen molar-refractivity contribution < 1.29 is 9.90 Å². The van der Waals surface area contributed by atoms with E-state index in [4.69, 9.17) is 0 Å². The molecule has 112 valence electrons. The van der Waals surface area contributed by atoms with E-state index in [0.29, 0.717) is 6.42 Å². The topological polar surface area (TPSA) is 52.6 Å². The maximum atomic E-state index is 11.8. The van der Waals surface area contributed by atoms with Crippen molar-refractivity contribution in [3.63, 3.8) is 0 Å². The van der Waals surface area contributed by atoms with Gasteiger partial charge in [0.2, 0.25) is 5.91 Å². The van der Waals surface area contributed by atoms with E-state index in [1.165, 1.54) is 0 Å². The highest BCUT2D eigenvalue weighted by molar-refractivity contribution is 7.10. The number of nitrogens with one attached hydrogen (secondary N) is 1. The van der Waals surface area contributed by atoms with Crippen LogP contribution in [0.1, 0.15) is 16.5 Å². The Balaban J connectivity index is 1.83. The summed E-state index contributed by atoms with van der Waals surface area (Å²) in [6.07, 6.45) is -0.322. The minimum absolute atomic E-state index is 0.0681. The average molecular weight is 304 g/mol. The molecule has 0 saturated heterocycles. The van der Waals surface area contributed by atoms with Crippen molar-refractivity contribution in [1.82, 2.24) is 5.32 Å². The minimum Gasteiger partial charge on any atom is -0.387 e. The van der Waals surface area contributed by atoms with Crippen LogP contribution in [-0.4, -0.2) is 31.7 Å². The molecule has 1 amide bonds. The van der Waals surface area contributed by atoms with E-state index in [1.54, 1.807) is 11.3 Å². The Labute approximate surface area is 129 Å². The molecule has 21 heavy (non-hydrogen) atoms. The normalized spacial score (nSPS) is 12.0. The number of anilines is 1. The Kier molecular flexibility index (Phi) is 5.36. The number of hydrogen-bond acceptors (Lipinski definition) is 4. The van der Waals surface area contributed by atoms with Crippen molar-refractivity contribution in [2.75, 3.05) is 25.5 Å². The second-order valence-electron chi connectivity index (χ2n) is 5.06. The quantitative estimate of drug-likeness (QED) is 0.860. The molecule has 0 unspecified atom stereocenters. The predicted octanol–water partition coefficient (Wildman–Crippen LogP) is 2.21. The summed E-state index contributed by atoms with van der Waals surface area (Å²) in [5, 5.41) is 14.8. The van der Waals surface area contributed by atoms with E-state index in [0.717, 1.165) is 16.1 Å². The molecule has 2 aromatic rings. The number of hydrogen-bond donors (Lipinski definition) is 2. The molecule has 4 nitrogen and oxygen atoms in total. The molecule has 0 spiro atoms. The highest BCUT2D eigenvalue weighted by Crippen LogP contribution is 2.17. The van der Waals surface area contributed by atoms with Gasteiger partial charge in [-0.1, -0.05) is 18.2 Å². The third-order valence-corrected chi connectivity index (χ3v) is 4.08. The fourth-order valence-electron chi connectivity index (χ4n) is 1.96. The number of benzene rings is 1. The minimum atomic E-state index is -0.687. The van der Waals surface area contributed by atoms with Gasteiger partial charge >= 0.3 is 0 Å². The fourth-order valence-corrected chi connectivity index (χ4v) is 2.66. The van der Waals surface area contributed by atoms with Gasteiger partial charge in [0.25, 0.3) is 0 Å². The molecule has 2 N–H and O–H groups in total. The number of aliphatic hydroxyl groups excluding tert-OH is 1. The Bertz CT molecular complexity index is 564. The first-order valence-electron chi connectivity index (χ1n) is 6.80. The first-order chi connectivity index (χ1) is 10.1. The molecule has 2 rings (SSSR count). The van der Waals surface area contributed by atoms with Gasteiger partial charge in [-0.25, -0.2) is 0 Å². The summed E-state index contributed by atoms with van der Waals surface area (Å²) < 4.78 is 0. The molecule has 1 aromatic carbocycles. The molecule has 0 fully saturated rings. The van der Waals surface area contributed by atoms with E-state index in [1.807, 2.05) is 60.8 Å². The van der Waals surface area contributed by atoms with Gasteiger partial charge in [0.05, 0.1) is 12.5 Å². The largest absolute Gasteiger partial charge is 0.387 e. The van der Waals surface area contributed by atoms with Gasteiger partial charge in [0.15, 0.2) is 0 Å². The SMILES string of the molecule is CN(C)c1ccc([C@@H](O)CNC(=O)Cc2cccs2)cc1. The van der Waals surface area contributed by atoms with Crippen LogP contribution in [0, 0.1) is 0 Å². The van der Waals surface area contributed by atoms with Crippen LogP contribution in [0.3, 0.4) is 0 Å². The molecule has 0 aliphatic carbocycles. The Morgan fingerprint density at radius 3 is 2.57 bits per heavy atom. The van der Waals surface area contributed by atoms with Crippen molar-refractivity contribution >= 4 is 22.9 Å². The molecule has 0 aliphatic heterocycles. The van der Waals surface area contributed by atoms with Gasteiger partial charge in [-0.05, 0) is 29.1 Å². The van der Waals surface area contributed by atoms with Gasteiger partial charge in [0.1, 0.15) is 0 Å². The zero-order valence-electron chi connectivity index (χ0n) is 12.2. The summed E-state index contributed by atoms with van der Waals surface area (Å²) in [5.74, 6) is -0.0681. The lowest BCUT2D eigenvalue weighted by atomic mass is 10.1. The van der Waals surface area contributed by atoms with Crippen molar-refractivity contribution in [2.45, 2.75) is 12.5 Å². The average Bonchev–Trinajstić information content (AvgIpc) is 2.97. The van der Waals surface area contributed by atoms with Crippen LogP contribution in [0.15, 0.2) is 41.8 Å². The number of aliphatic hydroxyl groups is 1. The maximum Gasteiger partial charge on any atom is 0.225 e. The molecule has 5 heteroatoms. The van der Waals surface area contributed by atoms with E-state index < -0.39 is 6.10 Å².